The number of nitro benzene ring substituents is 1. The van der Waals surface area contributed by atoms with Gasteiger partial charge in [-0.1, -0.05) is 23.7 Å². The lowest BCUT2D eigenvalue weighted by Crippen LogP contribution is -1.92. The Hall–Kier alpha value is -2.69. The number of rotatable bonds is 4. The molecule has 106 valence electrons. The average Bonchev–Trinajstić information content (AvgIpc) is 2.43. The van der Waals surface area contributed by atoms with Crippen LogP contribution in [0.15, 0.2) is 41.4 Å². The molecule has 0 saturated heterocycles. The van der Waals surface area contributed by atoms with Crippen molar-refractivity contribution in [2.45, 2.75) is 6.92 Å². The number of aryl methyl sites for hydroxylation is 1. The molecular weight excluding hydrogens is 296 g/mol. The number of hydrogen-bond donors (Lipinski definition) is 0. The first kappa shape index (κ1) is 14.7. The Balaban J connectivity index is 2.48. The number of isocyanates is 1. The maximum absolute atomic E-state index is 10.9. The summed E-state index contributed by atoms with van der Waals surface area (Å²) in [6, 6.07) is 8.97. The molecule has 0 N–H and O–H groups in total. The van der Waals surface area contributed by atoms with Crippen LogP contribution in [0, 0.1) is 17.0 Å². The fourth-order valence-corrected chi connectivity index (χ4v) is 1.97. The highest BCUT2D eigenvalue weighted by Crippen LogP contribution is 2.35. The van der Waals surface area contributed by atoms with Crippen LogP contribution in [0.4, 0.5) is 11.4 Å². The zero-order valence-electron chi connectivity index (χ0n) is 10.9. The van der Waals surface area contributed by atoms with Gasteiger partial charge in [0.05, 0.1) is 21.7 Å². The number of para-hydroxylation sites is 1. The number of nitro groups is 1. The summed E-state index contributed by atoms with van der Waals surface area (Å²) in [5.41, 5.74) is 0.611. The smallest absolute Gasteiger partial charge is 0.275 e. The SMILES string of the molecule is Cc1cccc(Cl)c1Oc1cc(N=C=O)cc([N+](=O)[O-])c1. The molecule has 21 heavy (non-hydrogen) atoms. The number of carbonyl (C=O) groups excluding carboxylic acids is 1. The minimum atomic E-state index is -0.601. The first-order valence-electron chi connectivity index (χ1n) is 5.81. The summed E-state index contributed by atoms with van der Waals surface area (Å²) in [5, 5.41) is 11.3. The van der Waals surface area contributed by atoms with Gasteiger partial charge in [-0.25, -0.2) is 4.79 Å². The number of benzene rings is 2. The van der Waals surface area contributed by atoms with E-state index in [9.17, 15) is 14.9 Å². The summed E-state index contributed by atoms with van der Waals surface area (Å²) < 4.78 is 5.59. The Morgan fingerprint density at radius 3 is 2.71 bits per heavy atom. The lowest BCUT2D eigenvalue weighted by atomic mass is 10.2. The summed E-state index contributed by atoms with van der Waals surface area (Å²) in [5.74, 6) is 0.551. The van der Waals surface area contributed by atoms with Crippen LogP contribution in [0.3, 0.4) is 0 Å². The molecule has 0 atom stereocenters. The predicted octanol–water partition coefficient (Wildman–Crippen LogP) is 4.32. The molecule has 0 amide bonds. The van der Waals surface area contributed by atoms with Gasteiger partial charge in [0, 0.05) is 12.1 Å². The van der Waals surface area contributed by atoms with Crippen LogP contribution >= 0.6 is 11.6 Å². The Kier molecular flexibility index (Phi) is 4.33. The topological polar surface area (TPSA) is 81.8 Å². The Bertz CT molecular complexity index is 714. The van der Waals surface area contributed by atoms with Gasteiger partial charge in [0.2, 0.25) is 6.08 Å². The molecule has 0 fully saturated rings. The highest BCUT2D eigenvalue weighted by atomic mass is 35.5. The molecule has 7 heteroatoms. The molecule has 0 heterocycles. The van der Waals surface area contributed by atoms with Gasteiger partial charge in [0.25, 0.3) is 5.69 Å². The van der Waals surface area contributed by atoms with Crippen molar-refractivity contribution < 1.29 is 14.5 Å². The van der Waals surface area contributed by atoms with Crippen LogP contribution < -0.4 is 4.74 Å². The Morgan fingerprint density at radius 1 is 1.33 bits per heavy atom. The molecule has 2 aromatic rings. The van der Waals surface area contributed by atoms with Gasteiger partial charge in [-0.05, 0) is 18.6 Å². The third-order valence-corrected chi connectivity index (χ3v) is 2.94. The third kappa shape index (κ3) is 3.45. The lowest BCUT2D eigenvalue weighted by molar-refractivity contribution is -0.384. The van der Waals surface area contributed by atoms with Crippen molar-refractivity contribution in [1.29, 1.82) is 0 Å². The minimum absolute atomic E-state index is 0.0823. The standard InChI is InChI=1S/C14H9ClN2O4/c1-9-3-2-4-13(15)14(9)21-12-6-10(16-8-18)5-11(7-12)17(19)20/h2-7H,1H3. The van der Waals surface area contributed by atoms with Gasteiger partial charge in [0.1, 0.15) is 11.5 Å². The zero-order valence-corrected chi connectivity index (χ0v) is 11.6. The average molecular weight is 305 g/mol. The molecule has 0 saturated carbocycles. The van der Waals surface area contributed by atoms with Gasteiger partial charge in [-0.15, -0.1) is 0 Å². The maximum Gasteiger partial charge on any atom is 0.275 e. The predicted molar refractivity (Wildman–Crippen MR) is 77.1 cm³/mol. The van der Waals surface area contributed by atoms with Crippen LogP contribution in [0.1, 0.15) is 5.56 Å². The largest absolute Gasteiger partial charge is 0.455 e. The quantitative estimate of drug-likeness (QED) is 0.364. The summed E-state index contributed by atoms with van der Waals surface area (Å²) in [4.78, 5) is 24.0. The van der Waals surface area contributed by atoms with Crippen LogP contribution in [-0.4, -0.2) is 11.0 Å². The molecule has 0 aliphatic carbocycles. The number of halogens is 1. The number of hydrogen-bond acceptors (Lipinski definition) is 5. The van der Waals surface area contributed by atoms with E-state index >= 15 is 0 Å². The third-order valence-electron chi connectivity index (χ3n) is 2.65. The van der Waals surface area contributed by atoms with Crippen molar-refractivity contribution >= 4 is 29.1 Å². The van der Waals surface area contributed by atoms with E-state index < -0.39 is 4.92 Å². The molecule has 2 rings (SSSR count). The summed E-state index contributed by atoms with van der Waals surface area (Å²) in [6.07, 6.45) is 1.33. The number of non-ortho nitro benzene ring substituents is 1. The van der Waals surface area contributed by atoms with Crippen molar-refractivity contribution in [1.82, 2.24) is 0 Å². The van der Waals surface area contributed by atoms with E-state index in [1.54, 1.807) is 25.1 Å². The van der Waals surface area contributed by atoms with Gasteiger partial charge < -0.3 is 4.74 Å². The Morgan fingerprint density at radius 2 is 2.10 bits per heavy atom. The van der Waals surface area contributed by atoms with E-state index in [0.29, 0.717) is 10.8 Å². The number of ether oxygens (including phenoxy) is 1. The van der Waals surface area contributed by atoms with Gasteiger partial charge in [-0.2, -0.15) is 4.99 Å². The minimum Gasteiger partial charge on any atom is -0.455 e. The van der Waals surface area contributed by atoms with Crippen molar-refractivity contribution in [2.24, 2.45) is 4.99 Å². The second-order valence-electron chi connectivity index (χ2n) is 4.13. The summed E-state index contributed by atoms with van der Waals surface area (Å²) in [7, 11) is 0. The van der Waals surface area contributed by atoms with Gasteiger partial charge in [0.15, 0.2) is 0 Å². The van der Waals surface area contributed by atoms with Crippen LogP contribution in [0.5, 0.6) is 11.5 Å². The highest BCUT2D eigenvalue weighted by molar-refractivity contribution is 6.32. The highest BCUT2D eigenvalue weighted by Gasteiger charge is 2.13. The first-order valence-corrected chi connectivity index (χ1v) is 6.19. The van der Waals surface area contributed by atoms with Gasteiger partial charge in [-0.3, -0.25) is 10.1 Å². The van der Waals surface area contributed by atoms with Crippen molar-refractivity contribution in [2.75, 3.05) is 0 Å². The molecule has 0 aliphatic heterocycles. The molecule has 0 aromatic heterocycles. The van der Waals surface area contributed by atoms with Crippen molar-refractivity contribution in [3.8, 4) is 11.5 Å². The van der Waals surface area contributed by atoms with E-state index in [2.05, 4.69) is 4.99 Å². The fraction of sp³-hybridized carbons (Fsp3) is 0.0714. The van der Waals surface area contributed by atoms with Crippen molar-refractivity contribution in [3.05, 3.63) is 57.1 Å². The molecule has 0 radical (unpaired) electrons. The molecule has 0 unspecified atom stereocenters. The monoisotopic (exact) mass is 304 g/mol. The second-order valence-corrected chi connectivity index (χ2v) is 4.54. The van der Waals surface area contributed by atoms with E-state index in [4.69, 9.17) is 16.3 Å². The Labute approximate surface area is 124 Å². The van der Waals surface area contributed by atoms with Crippen LogP contribution in [0.25, 0.3) is 0 Å². The summed E-state index contributed by atoms with van der Waals surface area (Å²) in [6.45, 7) is 1.79. The fourth-order valence-electron chi connectivity index (χ4n) is 1.71. The van der Waals surface area contributed by atoms with Gasteiger partial charge >= 0.3 is 0 Å². The van der Waals surface area contributed by atoms with Crippen molar-refractivity contribution in [3.63, 3.8) is 0 Å². The number of nitrogens with zero attached hydrogens (tertiary/aromatic N) is 2. The maximum atomic E-state index is 10.9. The molecule has 0 spiro atoms. The molecular formula is C14H9ClN2O4. The van der Waals surface area contributed by atoms with E-state index in [1.807, 2.05) is 0 Å². The molecule has 0 aliphatic rings. The lowest BCUT2D eigenvalue weighted by Gasteiger charge is -2.10. The second kappa shape index (κ2) is 6.17. The summed E-state index contributed by atoms with van der Waals surface area (Å²) >= 11 is 6.04. The van der Waals surface area contributed by atoms with Crippen LogP contribution in [-0.2, 0) is 4.79 Å². The zero-order chi connectivity index (χ0) is 15.4. The molecule has 2 aromatic carbocycles. The molecule has 0 bridgehead atoms. The normalized spacial score (nSPS) is 9.81. The van der Waals surface area contributed by atoms with Crippen LogP contribution in [0.2, 0.25) is 5.02 Å². The van der Waals surface area contributed by atoms with E-state index in [1.165, 1.54) is 18.2 Å². The number of aliphatic imine (C=N–C) groups is 1. The molecule has 6 nitrogen and oxygen atoms in total. The first-order chi connectivity index (χ1) is 10.0. The van der Waals surface area contributed by atoms with E-state index in [0.717, 1.165) is 11.6 Å². The van der Waals surface area contributed by atoms with E-state index in [-0.39, 0.29) is 17.1 Å².